The van der Waals surface area contributed by atoms with Gasteiger partial charge in [0.05, 0.1) is 10.5 Å². The van der Waals surface area contributed by atoms with E-state index in [1.54, 1.807) is 29.2 Å². The highest BCUT2D eigenvalue weighted by molar-refractivity contribution is 5.78. The molecule has 1 heterocycles. The number of amides is 1. The van der Waals surface area contributed by atoms with Crippen LogP contribution in [0.2, 0.25) is 0 Å². The molecule has 0 spiro atoms. The van der Waals surface area contributed by atoms with Crippen LogP contribution in [-0.2, 0) is 11.0 Å². The average molecular weight is 437 g/mol. The second kappa shape index (κ2) is 9.02. The monoisotopic (exact) mass is 437 g/mol. The fourth-order valence-electron chi connectivity index (χ4n) is 3.19. The Hall–Kier alpha value is -3.63. The molecule has 2 aromatic carbocycles. The Morgan fingerprint density at radius 3 is 2.29 bits per heavy atom. The smallest absolute Gasteiger partial charge is 0.416 e. The number of rotatable bonds is 6. The molecule has 0 saturated carbocycles. The number of ether oxygens (including phenoxy) is 1. The molecule has 1 aliphatic rings. The number of nitro benzene ring substituents is 1. The lowest BCUT2D eigenvalue weighted by Crippen LogP contribution is -2.50. The van der Waals surface area contributed by atoms with E-state index in [1.807, 2.05) is 0 Å². The van der Waals surface area contributed by atoms with Gasteiger partial charge in [-0.15, -0.1) is 0 Å². The molecule has 164 valence electrons. The van der Waals surface area contributed by atoms with Gasteiger partial charge in [-0.1, -0.05) is 0 Å². The molecule has 0 unspecified atom stereocenters. The van der Waals surface area contributed by atoms with E-state index in [0.29, 0.717) is 23.7 Å². The van der Waals surface area contributed by atoms with Gasteiger partial charge in [0.1, 0.15) is 17.7 Å². The summed E-state index contributed by atoms with van der Waals surface area (Å²) in [7, 11) is 0. The second-order valence-corrected chi connectivity index (χ2v) is 6.80. The standard InChI is InChI=1S/C20H18F3N3O5/c21-20(22,23)15-3-6-17(18(11-15)26(29)30)24-7-9-25(10-8-24)19(28)13-31-16-4-1-14(12-27)2-5-16/h1-6,11-12H,7-10,13H2. The highest BCUT2D eigenvalue weighted by Gasteiger charge is 2.34. The summed E-state index contributed by atoms with van der Waals surface area (Å²) in [5, 5.41) is 11.3. The van der Waals surface area contributed by atoms with Crippen LogP contribution in [0.5, 0.6) is 5.75 Å². The number of nitrogens with zero attached hydrogens (tertiary/aromatic N) is 3. The predicted molar refractivity (Wildman–Crippen MR) is 104 cm³/mol. The van der Waals surface area contributed by atoms with Gasteiger partial charge in [-0.25, -0.2) is 0 Å². The van der Waals surface area contributed by atoms with E-state index in [9.17, 15) is 32.9 Å². The number of piperazine rings is 1. The van der Waals surface area contributed by atoms with E-state index < -0.39 is 22.4 Å². The Kier molecular flexibility index (Phi) is 6.42. The number of carbonyl (C=O) groups excluding carboxylic acids is 2. The largest absolute Gasteiger partial charge is 0.484 e. The third-order valence-electron chi connectivity index (χ3n) is 4.85. The van der Waals surface area contributed by atoms with Gasteiger partial charge in [0.25, 0.3) is 11.6 Å². The SMILES string of the molecule is O=Cc1ccc(OCC(=O)N2CCN(c3ccc(C(F)(F)F)cc3[N+](=O)[O-])CC2)cc1. The van der Waals surface area contributed by atoms with Crippen LogP contribution in [0.15, 0.2) is 42.5 Å². The fourth-order valence-corrected chi connectivity index (χ4v) is 3.19. The van der Waals surface area contributed by atoms with Gasteiger partial charge >= 0.3 is 6.18 Å². The van der Waals surface area contributed by atoms with Gasteiger partial charge in [0.15, 0.2) is 6.61 Å². The minimum atomic E-state index is -4.68. The topological polar surface area (TPSA) is 93.0 Å². The summed E-state index contributed by atoms with van der Waals surface area (Å²) in [5.74, 6) is 0.138. The molecular formula is C20H18F3N3O5. The lowest BCUT2D eigenvalue weighted by molar-refractivity contribution is -0.384. The van der Waals surface area contributed by atoms with Crippen molar-refractivity contribution in [3.05, 3.63) is 63.7 Å². The molecule has 2 aromatic rings. The van der Waals surface area contributed by atoms with Crippen LogP contribution in [0, 0.1) is 10.1 Å². The zero-order chi connectivity index (χ0) is 22.6. The van der Waals surface area contributed by atoms with Crippen molar-refractivity contribution in [1.82, 2.24) is 4.90 Å². The first-order chi connectivity index (χ1) is 14.7. The van der Waals surface area contributed by atoms with Crippen LogP contribution in [0.3, 0.4) is 0 Å². The Balaban J connectivity index is 1.60. The predicted octanol–water partition coefficient (Wildman–Crippen LogP) is 3.15. The molecule has 0 bridgehead atoms. The van der Waals surface area contributed by atoms with Crippen LogP contribution < -0.4 is 9.64 Å². The number of nitro groups is 1. The van der Waals surface area contributed by atoms with Crippen molar-refractivity contribution in [2.75, 3.05) is 37.7 Å². The normalized spacial score (nSPS) is 14.3. The zero-order valence-electron chi connectivity index (χ0n) is 16.2. The van der Waals surface area contributed by atoms with Crippen LogP contribution >= 0.6 is 0 Å². The van der Waals surface area contributed by atoms with Crippen molar-refractivity contribution < 1.29 is 32.4 Å². The Labute approximate surface area is 175 Å². The van der Waals surface area contributed by atoms with Crippen molar-refractivity contribution in [2.45, 2.75) is 6.18 Å². The highest BCUT2D eigenvalue weighted by atomic mass is 19.4. The van der Waals surface area contributed by atoms with E-state index in [-0.39, 0.29) is 44.4 Å². The first-order valence-electron chi connectivity index (χ1n) is 9.25. The minimum absolute atomic E-state index is 0.0802. The zero-order valence-corrected chi connectivity index (χ0v) is 16.2. The van der Waals surface area contributed by atoms with Gasteiger partial charge in [-0.3, -0.25) is 19.7 Å². The maximum Gasteiger partial charge on any atom is 0.416 e. The number of carbonyl (C=O) groups is 2. The van der Waals surface area contributed by atoms with Crippen molar-refractivity contribution in [3.63, 3.8) is 0 Å². The second-order valence-electron chi connectivity index (χ2n) is 6.80. The molecule has 1 fully saturated rings. The fraction of sp³-hybridized carbons (Fsp3) is 0.300. The van der Waals surface area contributed by atoms with Crippen LogP contribution in [0.25, 0.3) is 0 Å². The highest BCUT2D eigenvalue weighted by Crippen LogP contribution is 2.36. The molecule has 31 heavy (non-hydrogen) atoms. The Morgan fingerprint density at radius 1 is 1.10 bits per heavy atom. The molecule has 0 radical (unpaired) electrons. The quantitative estimate of drug-likeness (QED) is 0.392. The maximum absolute atomic E-state index is 12.9. The third kappa shape index (κ3) is 5.30. The summed E-state index contributed by atoms with van der Waals surface area (Å²) >= 11 is 0. The summed E-state index contributed by atoms with van der Waals surface area (Å²) in [6.07, 6.45) is -3.99. The molecule has 0 aromatic heterocycles. The Bertz CT molecular complexity index is 971. The lowest BCUT2D eigenvalue weighted by atomic mass is 10.1. The van der Waals surface area contributed by atoms with Crippen LogP contribution in [0.1, 0.15) is 15.9 Å². The summed E-state index contributed by atoms with van der Waals surface area (Å²) in [4.78, 5) is 36.6. The summed E-state index contributed by atoms with van der Waals surface area (Å²) in [6, 6.07) is 8.67. The summed E-state index contributed by atoms with van der Waals surface area (Å²) in [5.41, 5.74) is -1.16. The number of alkyl halides is 3. The molecule has 3 rings (SSSR count). The lowest BCUT2D eigenvalue weighted by Gasteiger charge is -2.35. The van der Waals surface area contributed by atoms with Crippen molar-refractivity contribution in [1.29, 1.82) is 0 Å². The number of anilines is 1. The number of benzene rings is 2. The first kappa shape index (κ1) is 22.1. The van der Waals surface area contributed by atoms with E-state index >= 15 is 0 Å². The van der Waals surface area contributed by atoms with E-state index in [2.05, 4.69) is 0 Å². The average Bonchev–Trinajstić information content (AvgIpc) is 2.77. The summed E-state index contributed by atoms with van der Waals surface area (Å²) < 4.78 is 44.0. The molecule has 0 atom stereocenters. The van der Waals surface area contributed by atoms with E-state index in [0.717, 1.165) is 12.1 Å². The third-order valence-corrected chi connectivity index (χ3v) is 4.85. The van der Waals surface area contributed by atoms with E-state index in [1.165, 1.54) is 4.90 Å². The van der Waals surface area contributed by atoms with Gasteiger partial charge < -0.3 is 14.5 Å². The minimum Gasteiger partial charge on any atom is -0.484 e. The molecule has 0 N–H and O–H groups in total. The summed E-state index contributed by atoms with van der Waals surface area (Å²) in [6.45, 7) is 0.716. The van der Waals surface area contributed by atoms with Gasteiger partial charge in [0, 0.05) is 37.8 Å². The van der Waals surface area contributed by atoms with Crippen molar-refractivity contribution >= 4 is 23.6 Å². The maximum atomic E-state index is 12.9. The van der Waals surface area contributed by atoms with Crippen LogP contribution in [-0.4, -0.2) is 54.8 Å². The first-order valence-corrected chi connectivity index (χ1v) is 9.25. The van der Waals surface area contributed by atoms with Crippen molar-refractivity contribution in [3.8, 4) is 5.75 Å². The van der Waals surface area contributed by atoms with Gasteiger partial charge in [-0.2, -0.15) is 13.2 Å². The number of hydrogen-bond acceptors (Lipinski definition) is 6. The molecule has 8 nitrogen and oxygen atoms in total. The van der Waals surface area contributed by atoms with Gasteiger partial charge in [-0.05, 0) is 36.4 Å². The van der Waals surface area contributed by atoms with Crippen LogP contribution in [0.4, 0.5) is 24.5 Å². The molecular weight excluding hydrogens is 419 g/mol. The molecule has 11 heteroatoms. The van der Waals surface area contributed by atoms with E-state index in [4.69, 9.17) is 4.74 Å². The molecule has 1 saturated heterocycles. The van der Waals surface area contributed by atoms with Gasteiger partial charge in [0.2, 0.25) is 0 Å². The Morgan fingerprint density at radius 2 is 1.74 bits per heavy atom. The number of hydrogen-bond donors (Lipinski definition) is 0. The van der Waals surface area contributed by atoms with Crippen molar-refractivity contribution in [2.24, 2.45) is 0 Å². The molecule has 0 aliphatic carbocycles. The number of aldehydes is 1. The molecule has 1 aliphatic heterocycles. The molecule has 1 amide bonds. The number of halogens is 3.